The van der Waals surface area contributed by atoms with Crippen LogP contribution in [-0.2, 0) is 7.05 Å². The zero-order chi connectivity index (χ0) is 21.1. The third-order valence-electron chi connectivity index (χ3n) is 5.29. The number of para-hydroxylation sites is 1. The molecule has 4 rings (SSSR count). The summed E-state index contributed by atoms with van der Waals surface area (Å²) in [6, 6.07) is 17.4. The minimum Gasteiger partial charge on any atom is -0.350 e. The van der Waals surface area contributed by atoms with Crippen molar-refractivity contribution in [1.82, 2.24) is 14.9 Å². The van der Waals surface area contributed by atoms with E-state index < -0.39 is 0 Å². The van der Waals surface area contributed by atoms with E-state index in [4.69, 9.17) is 11.6 Å². The number of hydrogen-bond donors (Lipinski definition) is 2. The fraction of sp³-hybridized carbons (Fsp3) is 0.167. The molecule has 0 radical (unpaired) electrons. The molecule has 0 aliphatic heterocycles. The van der Waals surface area contributed by atoms with Crippen molar-refractivity contribution in [3.8, 4) is 0 Å². The zero-order valence-corrected chi connectivity index (χ0v) is 17.6. The molecule has 0 saturated heterocycles. The lowest BCUT2D eigenvalue weighted by Gasteiger charge is -2.18. The van der Waals surface area contributed by atoms with Crippen molar-refractivity contribution in [2.75, 3.05) is 11.9 Å². The van der Waals surface area contributed by atoms with Crippen LogP contribution in [0.4, 0.5) is 10.5 Å². The number of nitrogens with one attached hydrogen (secondary N) is 2. The Balaban J connectivity index is 1.58. The van der Waals surface area contributed by atoms with Crippen LogP contribution in [0.25, 0.3) is 10.9 Å². The van der Waals surface area contributed by atoms with Crippen LogP contribution >= 0.6 is 11.6 Å². The largest absolute Gasteiger partial charge is 0.350 e. The summed E-state index contributed by atoms with van der Waals surface area (Å²) in [6.07, 6.45) is 5.73. The number of hydrogen-bond acceptors (Lipinski definition) is 2. The number of carbonyl (C=O) groups excluding carboxylic acids is 1. The first-order valence-corrected chi connectivity index (χ1v) is 10.2. The van der Waals surface area contributed by atoms with Gasteiger partial charge in [0.2, 0.25) is 0 Å². The predicted molar refractivity (Wildman–Crippen MR) is 122 cm³/mol. The highest BCUT2D eigenvalue weighted by Gasteiger charge is 2.20. The summed E-state index contributed by atoms with van der Waals surface area (Å²) >= 11 is 6.16. The summed E-state index contributed by atoms with van der Waals surface area (Å²) in [5.74, 6) is -0.0304. The number of aromatic nitrogens is 2. The third kappa shape index (κ3) is 4.16. The molecule has 0 spiro atoms. The van der Waals surface area contributed by atoms with E-state index in [0.717, 1.165) is 22.2 Å². The minimum atomic E-state index is -0.274. The molecule has 152 valence electrons. The van der Waals surface area contributed by atoms with Crippen molar-refractivity contribution in [3.63, 3.8) is 0 Å². The number of anilines is 1. The lowest BCUT2D eigenvalue weighted by Crippen LogP contribution is -2.32. The molecule has 2 aromatic carbocycles. The number of halogens is 1. The molecule has 1 unspecified atom stereocenters. The molecule has 2 amide bonds. The van der Waals surface area contributed by atoms with E-state index in [9.17, 15) is 4.79 Å². The number of urea groups is 1. The number of amides is 2. The van der Waals surface area contributed by atoms with Crippen LogP contribution in [0.1, 0.15) is 22.6 Å². The van der Waals surface area contributed by atoms with Crippen molar-refractivity contribution in [2.45, 2.75) is 12.8 Å². The van der Waals surface area contributed by atoms with E-state index in [1.54, 1.807) is 12.3 Å². The summed E-state index contributed by atoms with van der Waals surface area (Å²) in [4.78, 5) is 16.8. The SMILES string of the molecule is Cc1ccc(NC(=O)NCC(c2cccnc2)c2cn(C)c3ccccc23)cc1Cl. The van der Waals surface area contributed by atoms with Gasteiger partial charge in [-0.15, -0.1) is 0 Å². The molecule has 6 heteroatoms. The normalized spacial score (nSPS) is 12.0. The van der Waals surface area contributed by atoms with Gasteiger partial charge in [-0.25, -0.2) is 4.79 Å². The summed E-state index contributed by atoms with van der Waals surface area (Å²) < 4.78 is 2.11. The summed E-state index contributed by atoms with van der Waals surface area (Å²) in [7, 11) is 2.04. The van der Waals surface area contributed by atoms with Gasteiger partial charge in [0, 0.05) is 59.7 Å². The van der Waals surface area contributed by atoms with Crippen molar-refractivity contribution in [3.05, 3.63) is 94.9 Å². The van der Waals surface area contributed by atoms with Gasteiger partial charge in [-0.05, 0) is 47.9 Å². The van der Waals surface area contributed by atoms with E-state index in [-0.39, 0.29) is 11.9 Å². The van der Waals surface area contributed by atoms with Crippen molar-refractivity contribution in [2.24, 2.45) is 7.05 Å². The smallest absolute Gasteiger partial charge is 0.319 e. The molecule has 5 nitrogen and oxygen atoms in total. The monoisotopic (exact) mass is 418 g/mol. The lowest BCUT2D eigenvalue weighted by molar-refractivity contribution is 0.252. The molecule has 2 N–H and O–H groups in total. The number of fused-ring (bicyclic) bond motifs is 1. The quantitative estimate of drug-likeness (QED) is 0.450. The number of aryl methyl sites for hydroxylation is 2. The van der Waals surface area contributed by atoms with Crippen LogP contribution in [0, 0.1) is 6.92 Å². The topological polar surface area (TPSA) is 59.0 Å². The Bertz CT molecular complexity index is 1190. The Morgan fingerprint density at radius 2 is 2.00 bits per heavy atom. The molecule has 0 saturated carbocycles. The Morgan fingerprint density at radius 3 is 2.77 bits per heavy atom. The fourth-order valence-corrected chi connectivity index (χ4v) is 3.86. The van der Waals surface area contributed by atoms with Gasteiger partial charge in [-0.2, -0.15) is 0 Å². The summed E-state index contributed by atoms with van der Waals surface area (Å²) in [6.45, 7) is 2.36. The molecule has 0 aliphatic rings. The molecular formula is C24H23ClN4O. The molecular weight excluding hydrogens is 396 g/mol. The van der Waals surface area contributed by atoms with Crippen molar-refractivity contribution in [1.29, 1.82) is 0 Å². The average Bonchev–Trinajstić information content (AvgIpc) is 3.08. The first-order chi connectivity index (χ1) is 14.5. The second kappa shape index (κ2) is 8.59. The van der Waals surface area contributed by atoms with Gasteiger partial charge in [0.25, 0.3) is 0 Å². The Kier molecular flexibility index (Phi) is 5.72. The number of pyridine rings is 1. The van der Waals surface area contributed by atoms with Crippen LogP contribution in [0.15, 0.2) is 73.2 Å². The molecule has 0 bridgehead atoms. The lowest BCUT2D eigenvalue weighted by atomic mass is 9.92. The maximum atomic E-state index is 12.6. The van der Waals surface area contributed by atoms with Crippen molar-refractivity contribution >= 4 is 34.2 Å². The number of benzene rings is 2. The van der Waals surface area contributed by atoms with Crippen molar-refractivity contribution < 1.29 is 4.79 Å². The highest BCUT2D eigenvalue weighted by molar-refractivity contribution is 6.31. The Hall–Kier alpha value is -3.31. The van der Waals surface area contributed by atoms with E-state index in [1.807, 2.05) is 56.6 Å². The predicted octanol–water partition coefficient (Wildman–Crippen LogP) is 5.49. The van der Waals surface area contributed by atoms with Crippen LogP contribution in [0.5, 0.6) is 0 Å². The van der Waals surface area contributed by atoms with E-state index >= 15 is 0 Å². The molecule has 0 fully saturated rings. The zero-order valence-electron chi connectivity index (χ0n) is 16.9. The van der Waals surface area contributed by atoms with E-state index in [2.05, 4.69) is 38.5 Å². The Labute approximate surface area is 180 Å². The molecule has 4 aromatic rings. The Morgan fingerprint density at radius 1 is 1.17 bits per heavy atom. The van der Waals surface area contributed by atoms with Gasteiger partial charge in [0.05, 0.1) is 0 Å². The van der Waals surface area contributed by atoms with Gasteiger partial charge in [0.1, 0.15) is 0 Å². The van der Waals surface area contributed by atoms with Gasteiger partial charge in [-0.1, -0.05) is 41.9 Å². The van der Waals surface area contributed by atoms with Gasteiger partial charge in [-0.3, -0.25) is 4.98 Å². The second-order valence-corrected chi connectivity index (χ2v) is 7.76. The van der Waals surface area contributed by atoms with Crippen LogP contribution in [-0.4, -0.2) is 22.1 Å². The van der Waals surface area contributed by atoms with Gasteiger partial charge in [0.15, 0.2) is 0 Å². The first kappa shape index (κ1) is 20.0. The summed E-state index contributed by atoms with van der Waals surface area (Å²) in [5, 5.41) is 7.65. The standard InChI is InChI=1S/C24H23ClN4O/c1-16-9-10-18(12-22(16)25)28-24(30)27-14-20(17-6-5-11-26-13-17)21-15-29(2)23-8-4-3-7-19(21)23/h3-13,15,20H,14H2,1-2H3,(H2,27,28,30). The average molecular weight is 419 g/mol. The van der Waals surface area contributed by atoms with Gasteiger partial charge < -0.3 is 15.2 Å². The fourth-order valence-electron chi connectivity index (χ4n) is 3.68. The molecule has 2 aromatic heterocycles. The summed E-state index contributed by atoms with van der Waals surface area (Å²) in [5.41, 5.74) is 4.98. The number of carbonyl (C=O) groups is 1. The third-order valence-corrected chi connectivity index (χ3v) is 5.69. The maximum absolute atomic E-state index is 12.6. The number of nitrogens with zero attached hydrogens (tertiary/aromatic N) is 2. The van der Waals surface area contributed by atoms with Gasteiger partial charge >= 0.3 is 6.03 Å². The van der Waals surface area contributed by atoms with E-state index in [1.165, 1.54) is 5.39 Å². The first-order valence-electron chi connectivity index (χ1n) is 9.78. The molecule has 0 aliphatic carbocycles. The van der Waals surface area contributed by atoms with E-state index in [0.29, 0.717) is 17.3 Å². The minimum absolute atomic E-state index is 0.0304. The highest BCUT2D eigenvalue weighted by atomic mass is 35.5. The molecule has 30 heavy (non-hydrogen) atoms. The molecule has 1 atom stereocenters. The van der Waals surface area contributed by atoms with Crippen LogP contribution in [0.3, 0.4) is 0 Å². The van der Waals surface area contributed by atoms with Crippen LogP contribution in [0.2, 0.25) is 5.02 Å². The number of rotatable bonds is 5. The highest BCUT2D eigenvalue weighted by Crippen LogP contribution is 2.31. The maximum Gasteiger partial charge on any atom is 0.319 e. The second-order valence-electron chi connectivity index (χ2n) is 7.35. The molecule has 2 heterocycles. The van der Waals surface area contributed by atoms with Crippen LogP contribution < -0.4 is 10.6 Å².